The van der Waals surface area contributed by atoms with Crippen molar-refractivity contribution < 1.29 is 9.21 Å². The topological polar surface area (TPSA) is 42.2 Å². The van der Waals surface area contributed by atoms with Gasteiger partial charge in [-0.05, 0) is 37.3 Å². The van der Waals surface area contributed by atoms with Gasteiger partial charge in [0.15, 0.2) is 0 Å². The van der Waals surface area contributed by atoms with Crippen LogP contribution < -0.4 is 5.32 Å². The zero-order valence-electron chi connectivity index (χ0n) is 10.4. The van der Waals surface area contributed by atoms with E-state index in [0.29, 0.717) is 21.9 Å². The third-order valence-corrected chi connectivity index (χ3v) is 3.27. The maximum absolute atomic E-state index is 12.1. The van der Waals surface area contributed by atoms with E-state index in [9.17, 15) is 4.79 Å². The van der Waals surface area contributed by atoms with Crippen LogP contribution in [0.4, 0.5) is 0 Å². The van der Waals surface area contributed by atoms with Crippen molar-refractivity contribution >= 4 is 30.1 Å². The molecule has 100 valence electrons. The summed E-state index contributed by atoms with van der Waals surface area (Å²) in [4.78, 5) is 12.8. The van der Waals surface area contributed by atoms with E-state index >= 15 is 0 Å². The maximum Gasteiger partial charge on any atom is 0.253 e. The fraction of sp³-hybridized carbons (Fsp3) is 0.214. The standard InChI is InChI=1S/C14H14ClNO2S/c1-9(7-10-3-2-6-18-10)16-14(17)12-8-11(19)4-5-13(12)15/h2-6,8-9,19H,7H2,1H3,(H,16,17). The Morgan fingerprint density at radius 1 is 1.47 bits per heavy atom. The van der Waals surface area contributed by atoms with Crippen molar-refractivity contribution in [3.8, 4) is 0 Å². The van der Waals surface area contributed by atoms with E-state index in [1.54, 1.807) is 24.5 Å². The molecule has 1 atom stereocenters. The lowest BCUT2D eigenvalue weighted by Gasteiger charge is -2.13. The number of hydrogen-bond acceptors (Lipinski definition) is 3. The molecule has 19 heavy (non-hydrogen) atoms. The van der Waals surface area contributed by atoms with Gasteiger partial charge in [0.1, 0.15) is 5.76 Å². The molecule has 1 N–H and O–H groups in total. The van der Waals surface area contributed by atoms with Crippen LogP contribution >= 0.6 is 24.2 Å². The number of amides is 1. The number of thiol groups is 1. The highest BCUT2D eigenvalue weighted by atomic mass is 35.5. The molecular formula is C14H14ClNO2S. The zero-order chi connectivity index (χ0) is 13.8. The normalized spacial score (nSPS) is 12.2. The Labute approximate surface area is 122 Å². The molecule has 0 radical (unpaired) electrons. The first kappa shape index (κ1) is 14.0. The van der Waals surface area contributed by atoms with Gasteiger partial charge in [0.05, 0.1) is 16.8 Å². The van der Waals surface area contributed by atoms with E-state index in [1.165, 1.54) is 0 Å². The predicted octanol–water partition coefficient (Wildman–Crippen LogP) is 3.58. The first-order chi connectivity index (χ1) is 9.06. The molecule has 0 fully saturated rings. The van der Waals surface area contributed by atoms with Crippen LogP contribution in [0.25, 0.3) is 0 Å². The lowest BCUT2D eigenvalue weighted by atomic mass is 10.1. The summed E-state index contributed by atoms with van der Waals surface area (Å²) in [6.07, 6.45) is 2.25. The van der Waals surface area contributed by atoms with Crippen molar-refractivity contribution in [2.24, 2.45) is 0 Å². The summed E-state index contributed by atoms with van der Waals surface area (Å²) in [6.45, 7) is 1.92. The van der Waals surface area contributed by atoms with Gasteiger partial charge in [-0.3, -0.25) is 4.79 Å². The molecule has 5 heteroatoms. The summed E-state index contributed by atoms with van der Waals surface area (Å²) >= 11 is 10.2. The van der Waals surface area contributed by atoms with Crippen molar-refractivity contribution in [3.63, 3.8) is 0 Å². The lowest BCUT2D eigenvalue weighted by Crippen LogP contribution is -2.34. The molecule has 0 aliphatic heterocycles. The summed E-state index contributed by atoms with van der Waals surface area (Å²) in [5.41, 5.74) is 0.431. The number of hydrogen-bond donors (Lipinski definition) is 2. The molecule has 0 saturated heterocycles. The van der Waals surface area contributed by atoms with Gasteiger partial charge in [-0.2, -0.15) is 0 Å². The predicted molar refractivity (Wildman–Crippen MR) is 78.0 cm³/mol. The van der Waals surface area contributed by atoms with Gasteiger partial charge < -0.3 is 9.73 Å². The van der Waals surface area contributed by atoms with Gasteiger partial charge in [-0.1, -0.05) is 11.6 Å². The number of carbonyl (C=O) groups is 1. The van der Waals surface area contributed by atoms with Gasteiger partial charge in [0.25, 0.3) is 5.91 Å². The highest BCUT2D eigenvalue weighted by molar-refractivity contribution is 7.80. The Morgan fingerprint density at radius 3 is 2.95 bits per heavy atom. The van der Waals surface area contributed by atoms with Crippen LogP contribution in [0, 0.1) is 0 Å². The minimum absolute atomic E-state index is 0.0432. The highest BCUT2D eigenvalue weighted by Crippen LogP contribution is 2.19. The number of rotatable bonds is 4. The summed E-state index contributed by atoms with van der Waals surface area (Å²) in [6, 6.07) is 8.72. The molecule has 3 nitrogen and oxygen atoms in total. The third kappa shape index (κ3) is 3.78. The largest absolute Gasteiger partial charge is 0.469 e. The Hall–Kier alpha value is -1.39. The SMILES string of the molecule is CC(Cc1ccco1)NC(=O)c1cc(S)ccc1Cl. The van der Waals surface area contributed by atoms with E-state index in [2.05, 4.69) is 17.9 Å². The van der Waals surface area contributed by atoms with Crippen LogP contribution in [0.5, 0.6) is 0 Å². The number of furan rings is 1. The van der Waals surface area contributed by atoms with Crippen molar-refractivity contribution in [2.45, 2.75) is 24.3 Å². The van der Waals surface area contributed by atoms with Crippen molar-refractivity contribution in [1.29, 1.82) is 0 Å². The number of nitrogens with one attached hydrogen (secondary N) is 1. The zero-order valence-corrected chi connectivity index (χ0v) is 12.0. The molecule has 0 spiro atoms. The van der Waals surface area contributed by atoms with E-state index in [0.717, 1.165) is 5.76 Å². The monoisotopic (exact) mass is 295 g/mol. The maximum atomic E-state index is 12.1. The first-order valence-corrected chi connectivity index (χ1v) is 6.70. The van der Waals surface area contributed by atoms with E-state index in [4.69, 9.17) is 16.0 Å². The molecule has 2 rings (SSSR count). The smallest absolute Gasteiger partial charge is 0.253 e. The van der Waals surface area contributed by atoms with Crippen LogP contribution in [-0.4, -0.2) is 11.9 Å². The Morgan fingerprint density at radius 2 is 2.26 bits per heavy atom. The summed E-state index contributed by atoms with van der Waals surface area (Å²) < 4.78 is 5.24. The minimum atomic E-state index is -0.208. The van der Waals surface area contributed by atoms with Gasteiger partial charge in [-0.25, -0.2) is 0 Å². The number of halogens is 1. The lowest BCUT2D eigenvalue weighted by molar-refractivity contribution is 0.0939. The molecule has 1 aromatic heterocycles. The van der Waals surface area contributed by atoms with Crippen molar-refractivity contribution in [1.82, 2.24) is 5.32 Å². The third-order valence-electron chi connectivity index (χ3n) is 2.66. The second-order valence-electron chi connectivity index (χ2n) is 4.32. The first-order valence-electron chi connectivity index (χ1n) is 5.88. The molecule has 2 aromatic rings. The molecule has 0 aliphatic rings. The Bertz CT molecular complexity index is 569. The van der Waals surface area contributed by atoms with Crippen molar-refractivity contribution in [3.05, 3.63) is 52.9 Å². The number of benzene rings is 1. The van der Waals surface area contributed by atoms with Gasteiger partial charge in [-0.15, -0.1) is 12.6 Å². The summed E-state index contributed by atoms with van der Waals surface area (Å²) in [5.74, 6) is 0.627. The fourth-order valence-corrected chi connectivity index (χ4v) is 2.18. The van der Waals surface area contributed by atoms with E-state index in [1.807, 2.05) is 19.1 Å². The van der Waals surface area contributed by atoms with Crippen LogP contribution in [0.15, 0.2) is 45.9 Å². The molecule has 0 bridgehead atoms. The van der Waals surface area contributed by atoms with E-state index < -0.39 is 0 Å². The summed E-state index contributed by atoms with van der Waals surface area (Å²) in [7, 11) is 0. The Balaban J connectivity index is 2.02. The molecule has 0 aliphatic carbocycles. The molecule has 0 saturated carbocycles. The second-order valence-corrected chi connectivity index (χ2v) is 5.25. The second kappa shape index (κ2) is 6.17. The van der Waals surface area contributed by atoms with Crippen LogP contribution in [-0.2, 0) is 6.42 Å². The Kier molecular flexibility index (Phi) is 4.56. The van der Waals surface area contributed by atoms with Gasteiger partial charge >= 0.3 is 0 Å². The van der Waals surface area contributed by atoms with Crippen LogP contribution in [0.1, 0.15) is 23.0 Å². The van der Waals surface area contributed by atoms with Crippen LogP contribution in [0.2, 0.25) is 5.02 Å². The fourth-order valence-electron chi connectivity index (χ4n) is 1.77. The average Bonchev–Trinajstić information content (AvgIpc) is 2.84. The highest BCUT2D eigenvalue weighted by Gasteiger charge is 2.14. The average molecular weight is 296 g/mol. The molecule has 1 amide bonds. The van der Waals surface area contributed by atoms with Gasteiger partial charge in [0, 0.05) is 17.4 Å². The molecular weight excluding hydrogens is 282 g/mol. The minimum Gasteiger partial charge on any atom is -0.469 e. The molecule has 1 heterocycles. The van der Waals surface area contributed by atoms with Crippen LogP contribution in [0.3, 0.4) is 0 Å². The van der Waals surface area contributed by atoms with Crippen molar-refractivity contribution in [2.75, 3.05) is 0 Å². The summed E-state index contributed by atoms with van der Waals surface area (Å²) in [5, 5.41) is 3.30. The van der Waals surface area contributed by atoms with Gasteiger partial charge in [0.2, 0.25) is 0 Å². The molecule has 1 aromatic carbocycles. The van der Waals surface area contributed by atoms with E-state index in [-0.39, 0.29) is 11.9 Å². The number of carbonyl (C=O) groups excluding carboxylic acids is 1. The molecule has 1 unspecified atom stereocenters. The quantitative estimate of drug-likeness (QED) is 0.847.